The lowest BCUT2D eigenvalue weighted by Gasteiger charge is -2.09. The van der Waals surface area contributed by atoms with Gasteiger partial charge in [0.2, 0.25) is 0 Å². The molecule has 0 unspecified atom stereocenters. The SMILES string of the molecule is CCOC(=O)c1ccc(NC(C#N)=C(C#N)C#N)c(Br)c1. The van der Waals surface area contributed by atoms with E-state index in [1.807, 2.05) is 0 Å². The van der Waals surface area contributed by atoms with Crippen LogP contribution in [0.4, 0.5) is 5.69 Å². The Morgan fingerprint density at radius 2 is 1.95 bits per heavy atom. The Hall–Kier alpha value is -2.82. The average Bonchev–Trinajstić information content (AvgIpc) is 2.49. The van der Waals surface area contributed by atoms with E-state index >= 15 is 0 Å². The zero-order valence-corrected chi connectivity index (χ0v) is 12.6. The van der Waals surface area contributed by atoms with Gasteiger partial charge in [0, 0.05) is 4.47 Å². The molecule has 0 aromatic heterocycles. The fraction of sp³-hybridized carbons (Fsp3) is 0.143. The molecule has 0 radical (unpaired) electrons. The Bertz CT molecular complexity index is 704. The normalized spacial score (nSPS) is 8.71. The average molecular weight is 345 g/mol. The molecule has 7 heteroatoms. The molecule has 0 atom stereocenters. The molecule has 0 heterocycles. The number of hydrogen-bond acceptors (Lipinski definition) is 6. The highest BCUT2D eigenvalue weighted by molar-refractivity contribution is 9.10. The Balaban J connectivity index is 3.11. The molecule has 0 saturated carbocycles. The number of anilines is 1. The third-order valence-corrected chi connectivity index (χ3v) is 2.98. The molecule has 6 nitrogen and oxygen atoms in total. The molecule has 0 fully saturated rings. The molecular weight excluding hydrogens is 336 g/mol. The molecule has 104 valence electrons. The van der Waals surface area contributed by atoms with E-state index in [4.69, 9.17) is 20.5 Å². The maximum absolute atomic E-state index is 11.6. The zero-order chi connectivity index (χ0) is 15.8. The summed E-state index contributed by atoms with van der Waals surface area (Å²) in [6.07, 6.45) is 0. The van der Waals surface area contributed by atoms with Gasteiger partial charge in [-0.1, -0.05) is 0 Å². The molecule has 1 rings (SSSR count). The smallest absolute Gasteiger partial charge is 0.338 e. The van der Waals surface area contributed by atoms with Gasteiger partial charge < -0.3 is 10.1 Å². The number of nitriles is 3. The number of ether oxygens (including phenoxy) is 1. The Labute approximate surface area is 130 Å². The van der Waals surface area contributed by atoms with Crippen molar-refractivity contribution in [2.75, 3.05) is 11.9 Å². The number of nitrogens with one attached hydrogen (secondary N) is 1. The van der Waals surface area contributed by atoms with Gasteiger partial charge in [0.15, 0.2) is 5.57 Å². The van der Waals surface area contributed by atoms with Gasteiger partial charge in [0.05, 0.1) is 17.9 Å². The van der Waals surface area contributed by atoms with Gasteiger partial charge in [-0.15, -0.1) is 0 Å². The molecule has 0 saturated heterocycles. The van der Waals surface area contributed by atoms with Crippen molar-refractivity contribution in [1.82, 2.24) is 0 Å². The number of esters is 1. The van der Waals surface area contributed by atoms with Gasteiger partial charge in [0.1, 0.15) is 23.9 Å². The molecule has 0 spiro atoms. The van der Waals surface area contributed by atoms with Gasteiger partial charge in [-0.05, 0) is 41.1 Å². The van der Waals surface area contributed by atoms with Gasteiger partial charge >= 0.3 is 5.97 Å². The van der Waals surface area contributed by atoms with Crippen LogP contribution in [0.1, 0.15) is 17.3 Å². The lowest BCUT2D eigenvalue weighted by atomic mass is 10.2. The largest absolute Gasteiger partial charge is 0.462 e. The second-order valence-electron chi connectivity index (χ2n) is 3.63. The van der Waals surface area contributed by atoms with Crippen molar-refractivity contribution in [3.63, 3.8) is 0 Å². The van der Waals surface area contributed by atoms with Crippen LogP contribution in [0.25, 0.3) is 0 Å². The fourth-order valence-corrected chi connectivity index (χ4v) is 1.85. The number of allylic oxidation sites excluding steroid dienone is 2. The summed E-state index contributed by atoms with van der Waals surface area (Å²) in [7, 11) is 0. The van der Waals surface area contributed by atoms with E-state index in [0.29, 0.717) is 15.7 Å². The summed E-state index contributed by atoms with van der Waals surface area (Å²) >= 11 is 3.25. The van der Waals surface area contributed by atoms with Crippen molar-refractivity contribution in [2.45, 2.75) is 6.92 Å². The summed E-state index contributed by atoms with van der Waals surface area (Å²) < 4.78 is 5.37. The molecule has 21 heavy (non-hydrogen) atoms. The van der Waals surface area contributed by atoms with Crippen LogP contribution in [0.5, 0.6) is 0 Å². The van der Waals surface area contributed by atoms with Crippen LogP contribution in [-0.2, 0) is 4.74 Å². The second-order valence-corrected chi connectivity index (χ2v) is 4.48. The van der Waals surface area contributed by atoms with Crippen LogP contribution in [0, 0.1) is 34.0 Å². The lowest BCUT2D eigenvalue weighted by Crippen LogP contribution is -2.06. The number of nitrogens with zero attached hydrogens (tertiary/aromatic N) is 3. The minimum atomic E-state index is -0.462. The third-order valence-electron chi connectivity index (χ3n) is 2.33. The van der Waals surface area contributed by atoms with Crippen LogP contribution in [0.15, 0.2) is 33.9 Å². The number of hydrogen-bond donors (Lipinski definition) is 1. The Morgan fingerprint density at radius 1 is 1.29 bits per heavy atom. The minimum absolute atomic E-state index is 0.162. The fourth-order valence-electron chi connectivity index (χ4n) is 1.38. The third kappa shape index (κ3) is 4.07. The molecule has 1 aromatic carbocycles. The highest BCUT2D eigenvalue weighted by Crippen LogP contribution is 2.25. The quantitative estimate of drug-likeness (QED) is 0.664. The van der Waals surface area contributed by atoms with Crippen molar-refractivity contribution in [3.05, 3.63) is 39.5 Å². The summed E-state index contributed by atoms with van der Waals surface area (Å²) in [6, 6.07) is 9.59. The van der Waals surface area contributed by atoms with E-state index in [1.54, 1.807) is 31.2 Å². The summed E-state index contributed by atoms with van der Waals surface area (Å²) in [5.41, 5.74) is 0.309. The predicted octanol–water partition coefficient (Wildman–Crippen LogP) is 2.86. The molecular formula is C14H9BrN4O2. The minimum Gasteiger partial charge on any atom is -0.462 e. The molecule has 1 N–H and O–H groups in total. The first-order valence-corrected chi connectivity index (χ1v) is 6.54. The predicted molar refractivity (Wildman–Crippen MR) is 77.6 cm³/mol. The Kier molecular flexibility index (Phi) is 5.95. The highest BCUT2D eigenvalue weighted by Gasteiger charge is 2.12. The highest BCUT2D eigenvalue weighted by atomic mass is 79.9. The summed E-state index contributed by atoms with van der Waals surface area (Å²) in [4.78, 5) is 11.6. The first-order chi connectivity index (χ1) is 10.1. The first-order valence-electron chi connectivity index (χ1n) is 5.75. The zero-order valence-electron chi connectivity index (χ0n) is 11.0. The van der Waals surface area contributed by atoms with E-state index < -0.39 is 5.97 Å². The standard InChI is InChI=1S/C14H9BrN4O2/c1-2-21-14(20)9-3-4-12(11(15)5-9)19-13(8-18)10(6-16)7-17/h3-5,19H,2H2,1H3. The summed E-state index contributed by atoms with van der Waals surface area (Å²) in [5, 5.41) is 29.1. The van der Waals surface area contributed by atoms with Crippen molar-refractivity contribution < 1.29 is 9.53 Å². The van der Waals surface area contributed by atoms with E-state index in [-0.39, 0.29) is 17.9 Å². The number of carbonyl (C=O) groups is 1. The van der Waals surface area contributed by atoms with E-state index in [2.05, 4.69) is 21.2 Å². The van der Waals surface area contributed by atoms with Crippen molar-refractivity contribution in [3.8, 4) is 18.2 Å². The number of rotatable bonds is 4. The van der Waals surface area contributed by atoms with E-state index in [9.17, 15) is 4.79 Å². The van der Waals surface area contributed by atoms with Crippen molar-refractivity contribution >= 4 is 27.6 Å². The van der Waals surface area contributed by atoms with E-state index in [0.717, 1.165) is 0 Å². The van der Waals surface area contributed by atoms with Crippen LogP contribution in [0.2, 0.25) is 0 Å². The Morgan fingerprint density at radius 3 is 2.43 bits per heavy atom. The maximum atomic E-state index is 11.6. The van der Waals surface area contributed by atoms with Gasteiger partial charge in [-0.25, -0.2) is 4.79 Å². The van der Waals surface area contributed by atoms with Crippen LogP contribution in [-0.4, -0.2) is 12.6 Å². The van der Waals surface area contributed by atoms with Gasteiger partial charge in [-0.2, -0.15) is 15.8 Å². The van der Waals surface area contributed by atoms with Gasteiger partial charge in [0.25, 0.3) is 0 Å². The number of halogens is 1. The summed E-state index contributed by atoms with van der Waals surface area (Å²) in [6.45, 7) is 1.98. The number of benzene rings is 1. The van der Waals surface area contributed by atoms with Crippen LogP contribution < -0.4 is 5.32 Å². The number of carbonyl (C=O) groups excluding carboxylic acids is 1. The molecule has 0 amide bonds. The molecule has 1 aromatic rings. The van der Waals surface area contributed by atoms with Crippen molar-refractivity contribution in [2.24, 2.45) is 0 Å². The first kappa shape index (κ1) is 16.2. The van der Waals surface area contributed by atoms with Gasteiger partial charge in [-0.3, -0.25) is 0 Å². The lowest BCUT2D eigenvalue weighted by molar-refractivity contribution is 0.0526. The maximum Gasteiger partial charge on any atom is 0.338 e. The summed E-state index contributed by atoms with van der Waals surface area (Å²) in [5.74, 6) is -0.462. The molecule has 0 aliphatic rings. The monoisotopic (exact) mass is 344 g/mol. The second kappa shape index (κ2) is 7.69. The topological polar surface area (TPSA) is 110 Å². The van der Waals surface area contributed by atoms with Crippen LogP contribution >= 0.6 is 15.9 Å². The molecule has 0 aliphatic carbocycles. The molecule has 0 aliphatic heterocycles. The molecule has 0 bridgehead atoms. The van der Waals surface area contributed by atoms with E-state index in [1.165, 1.54) is 12.1 Å². The van der Waals surface area contributed by atoms with Crippen LogP contribution in [0.3, 0.4) is 0 Å². The van der Waals surface area contributed by atoms with Crippen molar-refractivity contribution in [1.29, 1.82) is 15.8 Å².